The number of hydrazine groups is 1. The van der Waals surface area contributed by atoms with Gasteiger partial charge in [0.2, 0.25) is 5.11 Å². The molecule has 4 N–H and O–H groups in total. The fraction of sp³-hybridized carbons (Fsp3) is 0. The third kappa shape index (κ3) is 3.58. The third-order valence-electron chi connectivity index (χ3n) is 1.28. The monoisotopic (exact) mass is 245 g/mol. The highest BCUT2D eigenvalue weighted by molar-refractivity contribution is 7.80. The topological polar surface area (TPSA) is 106 Å². The summed E-state index contributed by atoms with van der Waals surface area (Å²) in [5, 5.41) is 14.3. The summed E-state index contributed by atoms with van der Waals surface area (Å²) in [7, 11) is 0. The van der Waals surface area contributed by atoms with Crippen LogP contribution in [-0.2, 0) is 0 Å². The Morgan fingerprint density at radius 1 is 1.73 bits per heavy atom. The quantitative estimate of drug-likeness (QED) is 0.233. The van der Waals surface area contributed by atoms with Crippen molar-refractivity contribution in [2.45, 2.75) is 0 Å². The highest BCUT2D eigenvalue weighted by atomic mass is 32.1. The highest BCUT2D eigenvalue weighted by Gasteiger charge is 2.07. The zero-order valence-electron chi connectivity index (χ0n) is 7.34. The normalized spacial score (nSPS) is 10.2. The summed E-state index contributed by atoms with van der Waals surface area (Å²) >= 11 is 5.67. The van der Waals surface area contributed by atoms with E-state index >= 15 is 0 Å². The van der Waals surface area contributed by atoms with Gasteiger partial charge >= 0.3 is 5.00 Å². The Morgan fingerprint density at radius 2 is 2.47 bits per heavy atom. The van der Waals surface area contributed by atoms with Crippen molar-refractivity contribution in [1.29, 1.82) is 0 Å². The van der Waals surface area contributed by atoms with E-state index in [0.29, 0.717) is 4.88 Å². The van der Waals surface area contributed by atoms with Crippen molar-refractivity contribution in [3.63, 3.8) is 0 Å². The summed E-state index contributed by atoms with van der Waals surface area (Å²) in [6.07, 6.45) is 1.42. The molecule has 9 heteroatoms. The minimum atomic E-state index is -0.457. The van der Waals surface area contributed by atoms with E-state index in [9.17, 15) is 10.1 Å². The van der Waals surface area contributed by atoms with E-state index in [1.807, 2.05) is 0 Å². The molecule has 1 aromatic rings. The van der Waals surface area contributed by atoms with Crippen LogP contribution < -0.4 is 16.7 Å². The molecule has 1 aromatic heterocycles. The molecule has 7 nitrogen and oxygen atoms in total. The Balaban J connectivity index is 2.57. The zero-order valence-corrected chi connectivity index (χ0v) is 8.97. The Bertz CT molecular complexity index is 402. The summed E-state index contributed by atoms with van der Waals surface area (Å²) in [5.74, 6) is 4.98. The molecule has 15 heavy (non-hydrogen) atoms. The van der Waals surface area contributed by atoms with E-state index in [4.69, 9.17) is 5.84 Å². The standard InChI is InChI=1S/C6H7N5O2S2/c7-9-6(14)10-8-3-4-1-2-5(15-4)11(12)13/h1-3H,7H2,(H2,9,10,14). The van der Waals surface area contributed by atoms with Crippen molar-refractivity contribution in [2.24, 2.45) is 10.9 Å². The SMILES string of the molecule is NNC(=S)NN=Cc1ccc([N+](=O)[O-])s1. The summed E-state index contributed by atoms with van der Waals surface area (Å²) < 4.78 is 0. The maximum atomic E-state index is 10.4. The first-order chi connectivity index (χ1) is 7.13. The van der Waals surface area contributed by atoms with Crippen LogP contribution in [0, 0.1) is 10.1 Å². The molecule has 0 bridgehead atoms. The van der Waals surface area contributed by atoms with E-state index in [2.05, 4.69) is 28.2 Å². The number of hydrogen-bond acceptors (Lipinski definition) is 6. The zero-order chi connectivity index (χ0) is 11.3. The van der Waals surface area contributed by atoms with E-state index in [-0.39, 0.29) is 10.1 Å². The van der Waals surface area contributed by atoms with Gasteiger partial charge in [-0.1, -0.05) is 11.3 Å². The Hall–Kier alpha value is -1.58. The van der Waals surface area contributed by atoms with E-state index < -0.39 is 4.92 Å². The van der Waals surface area contributed by atoms with Gasteiger partial charge in [0.25, 0.3) is 0 Å². The molecule has 0 fully saturated rings. The fourth-order valence-corrected chi connectivity index (χ4v) is 1.44. The molecule has 1 heterocycles. The number of nitrogens with two attached hydrogens (primary N) is 1. The molecule has 0 aromatic carbocycles. The summed E-state index contributed by atoms with van der Waals surface area (Å²) in [4.78, 5) is 10.5. The first kappa shape index (κ1) is 11.5. The van der Waals surface area contributed by atoms with Gasteiger partial charge in [-0.25, -0.2) is 5.84 Å². The minimum Gasteiger partial charge on any atom is -0.300 e. The lowest BCUT2D eigenvalue weighted by atomic mass is 10.5. The number of hydrogen-bond donors (Lipinski definition) is 3. The molecule has 0 aliphatic heterocycles. The van der Waals surface area contributed by atoms with Gasteiger partial charge < -0.3 is 0 Å². The number of nitrogens with zero attached hydrogens (tertiary/aromatic N) is 2. The summed E-state index contributed by atoms with van der Waals surface area (Å²) in [6, 6.07) is 3.00. The number of nitro groups is 1. The van der Waals surface area contributed by atoms with Gasteiger partial charge in [0.05, 0.1) is 16.0 Å². The van der Waals surface area contributed by atoms with Crippen molar-refractivity contribution in [1.82, 2.24) is 10.9 Å². The van der Waals surface area contributed by atoms with Gasteiger partial charge in [0, 0.05) is 6.07 Å². The van der Waals surface area contributed by atoms with Crippen molar-refractivity contribution in [3.05, 3.63) is 27.1 Å². The first-order valence-corrected chi connectivity index (χ1v) is 4.90. The van der Waals surface area contributed by atoms with Crippen molar-refractivity contribution >= 4 is 39.9 Å². The van der Waals surface area contributed by atoms with E-state index in [1.165, 1.54) is 12.3 Å². The molecule has 0 aliphatic rings. The van der Waals surface area contributed by atoms with Crippen LogP contribution in [0.1, 0.15) is 4.88 Å². The Kier molecular flexibility index (Phi) is 4.09. The lowest BCUT2D eigenvalue weighted by Crippen LogP contribution is -2.37. The van der Waals surface area contributed by atoms with Crippen molar-refractivity contribution < 1.29 is 4.92 Å². The maximum Gasteiger partial charge on any atom is 0.324 e. The second-order valence-electron chi connectivity index (χ2n) is 2.28. The average Bonchev–Trinajstić information content (AvgIpc) is 2.66. The van der Waals surface area contributed by atoms with Gasteiger partial charge in [-0.3, -0.25) is 21.0 Å². The van der Waals surface area contributed by atoms with Crippen LogP contribution in [0.4, 0.5) is 5.00 Å². The second kappa shape index (κ2) is 5.34. The largest absolute Gasteiger partial charge is 0.324 e. The molecule has 0 saturated heterocycles. The molecular weight excluding hydrogens is 238 g/mol. The average molecular weight is 245 g/mol. The second-order valence-corrected chi connectivity index (χ2v) is 3.78. The Morgan fingerprint density at radius 3 is 3.00 bits per heavy atom. The van der Waals surface area contributed by atoms with Gasteiger partial charge in [-0.05, 0) is 18.3 Å². The van der Waals surface area contributed by atoms with Gasteiger partial charge in [-0.2, -0.15) is 5.10 Å². The summed E-state index contributed by atoms with van der Waals surface area (Å²) in [6.45, 7) is 0. The number of nitrogens with one attached hydrogen (secondary N) is 2. The van der Waals surface area contributed by atoms with Crippen molar-refractivity contribution in [2.75, 3.05) is 0 Å². The number of thiophene rings is 1. The molecule has 80 valence electrons. The van der Waals surface area contributed by atoms with Crippen LogP contribution in [0.25, 0.3) is 0 Å². The number of hydrazone groups is 1. The minimum absolute atomic E-state index is 0.0657. The maximum absolute atomic E-state index is 10.4. The molecule has 0 saturated carbocycles. The molecule has 0 amide bonds. The van der Waals surface area contributed by atoms with Crippen LogP contribution in [0.3, 0.4) is 0 Å². The molecule has 0 spiro atoms. The van der Waals surface area contributed by atoms with E-state index in [1.54, 1.807) is 6.07 Å². The first-order valence-electron chi connectivity index (χ1n) is 3.67. The van der Waals surface area contributed by atoms with Gasteiger partial charge in [-0.15, -0.1) is 0 Å². The van der Waals surface area contributed by atoms with Crippen LogP contribution in [0.2, 0.25) is 0 Å². The molecule has 0 atom stereocenters. The third-order valence-corrected chi connectivity index (χ3v) is 2.46. The molecular formula is C6H7N5O2S2. The molecule has 0 aliphatic carbocycles. The van der Waals surface area contributed by atoms with Crippen LogP contribution in [-0.4, -0.2) is 16.3 Å². The van der Waals surface area contributed by atoms with Crippen LogP contribution in [0.15, 0.2) is 17.2 Å². The van der Waals surface area contributed by atoms with Crippen LogP contribution >= 0.6 is 23.6 Å². The Labute approximate surface area is 94.1 Å². The lowest BCUT2D eigenvalue weighted by Gasteiger charge is -1.97. The van der Waals surface area contributed by atoms with Crippen molar-refractivity contribution in [3.8, 4) is 0 Å². The number of rotatable bonds is 3. The molecule has 0 unspecified atom stereocenters. The number of thiocarbonyl (C=S) groups is 1. The summed E-state index contributed by atoms with van der Waals surface area (Å²) in [5.41, 5.74) is 4.60. The lowest BCUT2D eigenvalue weighted by molar-refractivity contribution is -0.380. The predicted octanol–water partition coefficient (Wildman–Crippen LogP) is 0.328. The fourth-order valence-electron chi connectivity index (χ4n) is 0.697. The smallest absolute Gasteiger partial charge is 0.300 e. The molecule has 0 radical (unpaired) electrons. The van der Waals surface area contributed by atoms with E-state index in [0.717, 1.165) is 11.3 Å². The predicted molar refractivity (Wildman–Crippen MR) is 61.6 cm³/mol. The van der Waals surface area contributed by atoms with Crippen LogP contribution in [0.5, 0.6) is 0 Å². The highest BCUT2D eigenvalue weighted by Crippen LogP contribution is 2.22. The van der Waals surface area contributed by atoms with Gasteiger partial charge in [0.1, 0.15) is 0 Å². The molecule has 1 rings (SSSR count). The van der Waals surface area contributed by atoms with Gasteiger partial charge in [0.15, 0.2) is 0 Å².